The van der Waals surface area contributed by atoms with E-state index in [0.29, 0.717) is 17.5 Å². The molecule has 1 aliphatic carbocycles. The Hall–Kier alpha value is -6.79. The van der Waals surface area contributed by atoms with Crippen molar-refractivity contribution in [1.29, 1.82) is 0 Å². The van der Waals surface area contributed by atoms with Gasteiger partial charge in [-0.1, -0.05) is 133 Å². The predicted octanol–water partition coefficient (Wildman–Crippen LogP) is 14.7. The Kier molecular flexibility index (Phi) is 6.20. The van der Waals surface area contributed by atoms with Gasteiger partial charge in [-0.15, -0.1) is 22.7 Å². The van der Waals surface area contributed by atoms with Gasteiger partial charge < -0.3 is 0 Å². The van der Waals surface area contributed by atoms with E-state index in [0.717, 1.165) is 22.1 Å². The summed E-state index contributed by atoms with van der Waals surface area (Å²) in [5.74, 6) is 2.03. The lowest BCUT2D eigenvalue weighted by Crippen LogP contribution is -2.01. The molecule has 0 bridgehead atoms. The standard InChI is InChI=1S/C51H27N3S2/c1-3-14-30-28(12-1)26-40(45-38-18-7-9-22-42(38)55-47(30)45)50-52-49(37-25-24-36-33-17-6-5-16-32(33)34-20-11-21-35(37)44(34)36)53-51(54-50)41-27-29-13-2-4-15-31(29)48-46(41)39-19-8-10-23-43(39)56-48/h1-27H. The smallest absolute Gasteiger partial charge is 0.164 e. The van der Waals surface area contributed by atoms with Gasteiger partial charge in [0, 0.05) is 57.0 Å². The maximum atomic E-state index is 5.53. The molecule has 0 amide bonds. The van der Waals surface area contributed by atoms with E-state index >= 15 is 0 Å². The predicted molar refractivity (Wildman–Crippen MR) is 239 cm³/mol. The van der Waals surface area contributed by atoms with Gasteiger partial charge in [-0.25, -0.2) is 15.0 Å². The summed E-state index contributed by atoms with van der Waals surface area (Å²) >= 11 is 3.69. The molecule has 3 heterocycles. The first kappa shape index (κ1) is 30.5. The van der Waals surface area contributed by atoms with Crippen LogP contribution in [0.4, 0.5) is 0 Å². The first-order valence-electron chi connectivity index (χ1n) is 18.9. The van der Waals surface area contributed by atoms with E-state index in [2.05, 4.69) is 164 Å². The minimum atomic E-state index is 0.673. The molecule has 0 fully saturated rings. The van der Waals surface area contributed by atoms with Gasteiger partial charge in [0.05, 0.1) is 0 Å². The van der Waals surface area contributed by atoms with E-state index in [1.807, 2.05) is 22.7 Å². The van der Waals surface area contributed by atoms with Crippen LogP contribution < -0.4 is 0 Å². The van der Waals surface area contributed by atoms with Crippen LogP contribution in [0.25, 0.3) is 129 Å². The number of thiophene rings is 2. The van der Waals surface area contributed by atoms with Crippen molar-refractivity contribution in [3.63, 3.8) is 0 Å². The molecule has 5 heteroatoms. The lowest BCUT2D eigenvalue weighted by Gasteiger charge is -2.14. The number of rotatable bonds is 3. The average molecular weight is 746 g/mol. The molecule has 0 spiro atoms. The van der Waals surface area contributed by atoms with Crippen LogP contribution in [-0.4, -0.2) is 15.0 Å². The second kappa shape index (κ2) is 11.4. The zero-order chi connectivity index (χ0) is 36.5. The molecule has 0 N–H and O–H groups in total. The normalized spacial score (nSPS) is 12.3. The fourth-order valence-corrected chi connectivity index (χ4v) is 11.7. The van der Waals surface area contributed by atoms with Crippen molar-refractivity contribution < 1.29 is 0 Å². The molecule has 3 aromatic heterocycles. The largest absolute Gasteiger partial charge is 0.208 e. The summed E-state index contributed by atoms with van der Waals surface area (Å²) in [6, 6.07) is 59.3. The first-order valence-corrected chi connectivity index (χ1v) is 20.5. The van der Waals surface area contributed by atoms with Gasteiger partial charge in [-0.3, -0.25) is 0 Å². The number of fused-ring (bicyclic) bond motifs is 13. The molecule has 13 rings (SSSR count). The van der Waals surface area contributed by atoms with Crippen LogP contribution in [-0.2, 0) is 0 Å². The number of hydrogen-bond acceptors (Lipinski definition) is 5. The SMILES string of the molecule is c1ccc2c(c1)-c1cccc3c(-c4nc(-c5cc6ccccc6c6sc7ccccc7c56)nc(-c5cc6ccccc6c6sc7ccccc7c56)n4)ccc-2c13. The van der Waals surface area contributed by atoms with Gasteiger partial charge in [-0.2, -0.15) is 0 Å². The summed E-state index contributed by atoms with van der Waals surface area (Å²) < 4.78 is 5.01. The molecule has 9 aromatic carbocycles. The second-order valence-corrected chi connectivity index (χ2v) is 16.7. The van der Waals surface area contributed by atoms with Crippen molar-refractivity contribution in [2.45, 2.75) is 0 Å². The fourth-order valence-electron chi connectivity index (χ4n) is 9.21. The van der Waals surface area contributed by atoms with E-state index in [4.69, 9.17) is 15.0 Å². The van der Waals surface area contributed by atoms with Crippen LogP contribution in [0.15, 0.2) is 164 Å². The van der Waals surface area contributed by atoms with Gasteiger partial charge >= 0.3 is 0 Å². The molecule has 12 aromatic rings. The highest BCUT2D eigenvalue weighted by atomic mass is 32.1. The highest BCUT2D eigenvalue weighted by Crippen LogP contribution is 2.50. The van der Waals surface area contributed by atoms with Crippen molar-refractivity contribution in [1.82, 2.24) is 15.0 Å². The maximum Gasteiger partial charge on any atom is 0.164 e. The Bertz CT molecular complexity index is 3470. The van der Waals surface area contributed by atoms with Gasteiger partial charge in [-0.05, 0) is 84.9 Å². The molecule has 0 atom stereocenters. The highest BCUT2D eigenvalue weighted by Gasteiger charge is 2.26. The Morgan fingerprint density at radius 1 is 0.286 bits per heavy atom. The van der Waals surface area contributed by atoms with Crippen LogP contribution >= 0.6 is 22.7 Å². The summed E-state index contributed by atoms with van der Waals surface area (Å²) in [4.78, 5) is 16.5. The lowest BCUT2D eigenvalue weighted by molar-refractivity contribution is 1.08. The summed E-state index contributed by atoms with van der Waals surface area (Å²) in [5.41, 5.74) is 8.10. The Balaban J connectivity index is 1.18. The molecular weight excluding hydrogens is 719 g/mol. The number of nitrogens with zero attached hydrogens (tertiary/aromatic N) is 3. The molecule has 0 radical (unpaired) electrons. The zero-order valence-corrected chi connectivity index (χ0v) is 31.4. The average Bonchev–Trinajstić information content (AvgIpc) is 3.95. The van der Waals surface area contributed by atoms with Gasteiger partial charge in [0.25, 0.3) is 0 Å². The molecule has 0 saturated heterocycles. The zero-order valence-electron chi connectivity index (χ0n) is 29.7. The Morgan fingerprint density at radius 3 is 1.27 bits per heavy atom. The highest BCUT2D eigenvalue weighted by molar-refractivity contribution is 7.27. The van der Waals surface area contributed by atoms with E-state index in [1.165, 1.54) is 89.5 Å². The Morgan fingerprint density at radius 2 is 0.696 bits per heavy atom. The molecule has 258 valence electrons. The van der Waals surface area contributed by atoms with E-state index in [-0.39, 0.29) is 0 Å². The molecule has 0 aliphatic heterocycles. The molecular formula is C51H27N3S2. The van der Waals surface area contributed by atoms with Crippen molar-refractivity contribution in [3.05, 3.63) is 164 Å². The molecule has 56 heavy (non-hydrogen) atoms. The summed E-state index contributed by atoms with van der Waals surface area (Å²) in [6.07, 6.45) is 0. The number of benzene rings is 9. The van der Waals surface area contributed by atoms with Crippen LogP contribution in [0.3, 0.4) is 0 Å². The molecule has 3 nitrogen and oxygen atoms in total. The van der Waals surface area contributed by atoms with Gasteiger partial charge in [0.15, 0.2) is 17.5 Å². The van der Waals surface area contributed by atoms with E-state index < -0.39 is 0 Å². The third-order valence-electron chi connectivity index (χ3n) is 11.6. The van der Waals surface area contributed by atoms with Gasteiger partial charge in [0.2, 0.25) is 0 Å². The van der Waals surface area contributed by atoms with Crippen molar-refractivity contribution >= 4 is 95.3 Å². The van der Waals surface area contributed by atoms with E-state index in [9.17, 15) is 0 Å². The van der Waals surface area contributed by atoms with Crippen LogP contribution in [0.1, 0.15) is 0 Å². The first-order chi connectivity index (χ1) is 27.8. The minimum absolute atomic E-state index is 0.673. The van der Waals surface area contributed by atoms with Gasteiger partial charge in [0.1, 0.15) is 0 Å². The quantitative estimate of drug-likeness (QED) is 0.181. The van der Waals surface area contributed by atoms with Crippen molar-refractivity contribution in [3.8, 4) is 56.4 Å². The van der Waals surface area contributed by atoms with Crippen molar-refractivity contribution in [2.75, 3.05) is 0 Å². The number of aromatic nitrogens is 3. The second-order valence-electron chi connectivity index (χ2n) is 14.6. The minimum Gasteiger partial charge on any atom is -0.208 e. The van der Waals surface area contributed by atoms with Crippen LogP contribution in [0.2, 0.25) is 0 Å². The van der Waals surface area contributed by atoms with E-state index in [1.54, 1.807) is 0 Å². The molecule has 0 unspecified atom stereocenters. The summed E-state index contributed by atoms with van der Waals surface area (Å²) in [7, 11) is 0. The third kappa shape index (κ3) is 4.18. The van der Waals surface area contributed by atoms with Crippen LogP contribution in [0, 0.1) is 0 Å². The number of hydrogen-bond donors (Lipinski definition) is 0. The van der Waals surface area contributed by atoms with Crippen molar-refractivity contribution in [2.24, 2.45) is 0 Å². The summed E-state index contributed by atoms with van der Waals surface area (Å²) in [6.45, 7) is 0. The maximum absolute atomic E-state index is 5.53. The molecule has 0 saturated carbocycles. The monoisotopic (exact) mass is 745 g/mol. The lowest BCUT2D eigenvalue weighted by atomic mass is 9.97. The van der Waals surface area contributed by atoms with Crippen LogP contribution in [0.5, 0.6) is 0 Å². The third-order valence-corrected chi connectivity index (χ3v) is 14.1. The fraction of sp³-hybridized carbons (Fsp3) is 0. The Labute approximate surface area is 328 Å². The topological polar surface area (TPSA) is 38.7 Å². The summed E-state index contributed by atoms with van der Waals surface area (Å²) in [5, 5.41) is 12.0. The molecule has 1 aliphatic rings.